The topological polar surface area (TPSA) is 85.0 Å². The highest BCUT2D eigenvalue weighted by Gasteiger charge is 2.31. The minimum absolute atomic E-state index is 0. The van der Waals surface area contributed by atoms with Gasteiger partial charge in [0.1, 0.15) is 5.02 Å². The van der Waals surface area contributed by atoms with Gasteiger partial charge in [0.2, 0.25) is 5.88 Å². The van der Waals surface area contributed by atoms with E-state index >= 15 is 0 Å². The molecule has 2 rings (SSSR count). The van der Waals surface area contributed by atoms with E-state index in [4.69, 9.17) is 26.8 Å². The average molecular weight is 552 g/mol. The minimum Gasteiger partial charge on any atom is -0.477 e. The molecule has 1 saturated heterocycles. The number of nitrogens with one attached hydrogen (secondary N) is 1. The van der Waals surface area contributed by atoms with Crippen molar-refractivity contribution < 1.29 is 22.6 Å². The van der Waals surface area contributed by atoms with Gasteiger partial charge in [-0.05, 0) is 19.0 Å². The van der Waals surface area contributed by atoms with E-state index in [2.05, 4.69) is 20.2 Å². The van der Waals surface area contributed by atoms with Crippen LogP contribution in [0.25, 0.3) is 0 Å². The highest BCUT2D eigenvalue weighted by Crippen LogP contribution is 2.33. The Kier molecular flexibility index (Phi) is 11.9. The lowest BCUT2D eigenvalue weighted by Gasteiger charge is -2.26. The molecule has 2 heterocycles. The Balaban J connectivity index is 0.00000420. The molecule has 1 aliphatic rings. The van der Waals surface area contributed by atoms with Gasteiger partial charge in [-0.3, -0.25) is 9.89 Å². The molecule has 0 atom stereocenters. The molecule has 0 unspecified atom stereocenters. The molecule has 7 nitrogen and oxygen atoms in total. The highest BCUT2D eigenvalue weighted by atomic mass is 127. The van der Waals surface area contributed by atoms with Gasteiger partial charge in [-0.1, -0.05) is 11.6 Å². The first-order valence-electron chi connectivity index (χ1n) is 9.05. The summed E-state index contributed by atoms with van der Waals surface area (Å²) in [5.41, 5.74) is 4.88. The molecule has 1 aromatic rings. The van der Waals surface area contributed by atoms with Crippen LogP contribution in [0.4, 0.5) is 13.2 Å². The van der Waals surface area contributed by atoms with Crippen LogP contribution in [0.5, 0.6) is 5.88 Å². The van der Waals surface area contributed by atoms with Gasteiger partial charge >= 0.3 is 6.18 Å². The molecule has 0 bridgehead atoms. The first-order chi connectivity index (χ1) is 13.4. The van der Waals surface area contributed by atoms with Gasteiger partial charge in [-0.2, -0.15) is 13.2 Å². The smallest absolute Gasteiger partial charge is 0.417 e. The van der Waals surface area contributed by atoms with Crippen LogP contribution in [0.3, 0.4) is 0 Å². The maximum absolute atomic E-state index is 12.6. The summed E-state index contributed by atoms with van der Waals surface area (Å²) in [6.45, 7) is 5.83. The van der Waals surface area contributed by atoms with Crippen molar-refractivity contribution in [2.24, 2.45) is 10.7 Å². The maximum Gasteiger partial charge on any atom is 0.417 e. The summed E-state index contributed by atoms with van der Waals surface area (Å²) in [4.78, 5) is 10.1. The highest BCUT2D eigenvalue weighted by molar-refractivity contribution is 14.0. The number of hydrogen-bond acceptors (Lipinski definition) is 5. The van der Waals surface area contributed by atoms with E-state index in [9.17, 15) is 13.2 Å². The number of guanidine groups is 1. The quantitative estimate of drug-likeness (QED) is 0.213. The zero-order chi connectivity index (χ0) is 20.4. The monoisotopic (exact) mass is 551 g/mol. The van der Waals surface area contributed by atoms with Gasteiger partial charge in [0.15, 0.2) is 5.96 Å². The van der Waals surface area contributed by atoms with Gasteiger partial charge in [0, 0.05) is 38.8 Å². The summed E-state index contributed by atoms with van der Waals surface area (Å²) in [5, 5.41) is 2.87. The number of aliphatic imine (C=N–C) groups is 1. The molecule has 0 spiro atoms. The normalized spacial score (nSPS) is 15.7. The van der Waals surface area contributed by atoms with Gasteiger partial charge in [-0.25, -0.2) is 4.98 Å². The second kappa shape index (κ2) is 13.3. The summed E-state index contributed by atoms with van der Waals surface area (Å²) >= 11 is 5.77. The average Bonchev–Trinajstić information content (AvgIpc) is 2.66. The van der Waals surface area contributed by atoms with Gasteiger partial charge in [0.25, 0.3) is 0 Å². The van der Waals surface area contributed by atoms with Crippen molar-refractivity contribution in [3.63, 3.8) is 0 Å². The van der Waals surface area contributed by atoms with Crippen LogP contribution in [0.1, 0.15) is 18.4 Å². The third-order valence-corrected chi connectivity index (χ3v) is 4.29. The van der Waals surface area contributed by atoms with Gasteiger partial charge in [-0.15, -0.1) is 24.0 Å². The lowest BCUT2D eigenvalue weighted by molar-refractivity contribution is -0.137. The van der Waals surface area contributed by atoms with Crippen LogP contribution in [0.15, 0.2) is 17.3 Å². The molecule has 29 heavy (non-hydrogen) atoms. The zero-order valence-electron chi connectivity index (χ0n) is 15.9. The van der Waals surface area contributed by atoms with E-state index in [1.807, 2.05) is 0 Å². The summed E-state index contributed by atoms with van der Waals surface area (Å²) < 4.78 is 48.3. The molecule has 166 valence electrons. The van der Waals surface area contributed by atoms with Crippen LogP contribution in [-0.2, 0) is 10.9 Å². The number of ether oxygens (including phenoxy) is 2. The molecule has 0 aromatic carbocycles. The molecule has 1 aliphatic heterocycles. The van der Waals surface area contributed by atoms with Crippen molar-refractivity contribution in [3.05, 3.63) is 22.8 Å². The van der Waals surface area contributed by atoms with Crippen molar-refractivity contribution in [1.29, 1.82) is 0 Å². The van der Waals surface area contributed by atoms with E-state index in [1.165, 1.54) is 0 Å². The third kappa shape index (κ3) is 10.0. The Bertz CT molecular complexity index is 646. The number of alkyl halides is 3. The number of morpholine rings is 1. The molecule has 0 radical (unpaired) electrons. The third-order valence-electron chi connectivity index (χ3n) is 4.02. The SMILES string of the molecule is I.NC(=NCCCOc1ncc(C(F)(F)F)cc1Cl)NCCCN1CCOCC1. The summed E-state index contributed by atoms with van der Waals surface area (Å²) in [6, 6.07) is 0.793. The molecular weight excluding hydrogens is 526 g/mol. The molecule has 12 heteroatoms. The molecule has 0 amide bonds. The van der Waals surface area contributed by atoms with Crippen molar-refractivity contribution in [2.75, 3.05) is 52.5 Å². The lowest BCUT2D eigenvalue weighted by Crippen LogP contribution is -2.39. The Labute approximate surface area is 190 Å². The fraction of sp³-hybridized carbons (Fsp3) is 0.647. The van der Waals surface area contributed by atoms with E-state index in [0.717, 1.165) is 51.9 Å². The number of nitrogens with two attached hydrogens (primary N) is 1. The Morgan fingerprint density at radius 2 is 2.07 bits per heavy atom. The Hall–Kier alpha value is -1.05. The summed E-state index contributed by atoms with van der Waals surface area (Å²) in [5.74, 6) is 0.320. The first-order valence-corrected chi connectivity index (χ1v) is 9.43. The number of nitrogens with zero attached hydrogens (tertiary/aromatic N) is 3. The standard InChI is InChI=1S/C17H25ClF3N5O2.HI/c18-14-11-13(17(19,20)21)12-25-15(14)28-8-2-4-24-16(22)23-3-1-5-26-6-9-27-10-7-26;/h11-12H,1-10H2,(H3,22,23,24);1H. The van der Waals surface area contributed by atoms with Crippen LogP contribution in [0, 0.1) is 0 Å². The van der Waals surface area contributed by atoms with Crippen molar-refractivity contribution in [2.45, 2.75) is 19.0 Å². The van der Waals surface area contributed by atoms with Crippen molar-refractivity contribution in [1.82, 2.24) is 15.2 Å². The number of rotatable bonds is 9. The van der Waals surface area contributed by atoms with Crippen LogP contribution in [0.2, 0.25) is 5.02 Å². The molecule has 0 saturated carbocycles. The number of halogens is 5. The zero-order valence-corrected chi connectivity index (χ0v) is 19.0. The minimum atomic E-state index is -4.49. The number of pyridine rings is 1. The van der Waals surface area contributed by atoms with Crippen molar-refractivity contribution in [3.8, 4) is 5.88 Å². The van der Waals surface area contributed by atoms with E-state index < -0.39 is 11.7 Å². The molecule has 1 aromatic heterocycles. The fourth-order valence-corrected chi connectivity index (χ4v) is 2.74. The van der Waals surface area contributed by atoms with Crippen LogP contribution >= 0.6 is 35.6 Å². The van der Waals surface area contributed by atoms with Crippen molar-refractivity contribution >= 4 is 41.5 Å². The van der Waals surface area contributed by atoms with E-state index in [-0.39, 0.29) is 41.5 Å². The largest absolute Gasteiger partial charge is 0.477 e. The molecule has 3 N–H and O–H groups in total. The van der Waals surface area contributed by atoms with Crippen LogP contribution in [-0.4, -0.2) is 68.4 Å². The second-order valence-electron chi connectivity index (χ2n) is 6.21. The summed E-state index contributed by atoms with van der Waals surface area (Å²) in [6.07, 6.45) is -2.32. The molecule has 0 aliphatic carbocycles. The summed E-state index contributed by atoms with van der Waals surface area (Å²) in [7, 11) is 0. The van der Waals surface area contributed by atoms with E-state index in [0.29, 0.717) is 25.1 Å². The molecular formula is C17H26ClF3IN5O2. The van der Waals surface area contributed by atoms with E-state index in [1.54, 1.807) is 0 Å². The Morgan fingerprint density at radius 3 is 2.72 bits per heavy atom. The second-order valence-corrected chi connectivity index (χ2v) is 6.62. The Morgan fingerprint density at radius 1 is 1.34 bits per heavy atom. The van der Waals surface area contributed by atoms with Crippen LogP contribution < -0.4 is 15.8 Å². The predicted octanol–water partition coefficient (Wildman–Crippen LogP) is 2.77. The fourth-order valence-electron chi connectivity index (χ4n) is 2.52. The lowest BCUT2D eigenvalue weighted by atomic mass is 10.3. The van der Waals surface area contributed by atoms with Gasteiger partial charge in [0.05, 0.1) is 25.4 Å². The number of hydrogen-bond donors (Lipinski definition) is 2. The predicted molar refractivity (Wildman–Crippen MR) is 116 cm³/mol. The molecule has 1 fully saturated rings. The van der Waals surface area contributed by atoms with Gasteiger partial charge < -0.3 is 20.5 Å². The maximum atomic E-state index is 12.6. The first kappa shape index (κ1) is 26.0. The number of aromatic nitrogens is 1.